The Morgan fingerprint density at radius 1 is 1.41 bits per heavy atom. The highest BCUT2D eigenvalue weighted by Crippen LogP contribution is 2.27. The molecule has 4 nitrogen and oxygen atoms in total. The van der Waals surface area contributed by atoms with Crippen LogP contribution in [0.3, 0.4) is 0 Å². The number of carbonyl (C=O) groups is 2. The lowest BCUT2D eigenvalue weighted by Gasteiger charge is -2.46. The Bertz CT molecular complexity index is 337. The monoisotopic (exact) mass is 256 g/mol. The van der Waals surface area contributed by atoms with Crippen LogP contribution in [0.4, 0.5) is 0 Å². The molecule has 1 N–H and O–H groups in total. The molecule has 0 bridgehead atoms. The third-order valence-corrected chi connectivity index (χ3v) is 4.73. The molecule has 96 valence electrons. The molecule has 17 heavy (non-hydrogen) atoms. The minimum absolute atomic E-state index is 0.0369. The second-order valence-corrected chi connectivity index (χ2v) is 6.52. The van der Waals surface area contributed by atoms with Crippen molar-refractivity contribution in [1.82, 2.24) is 10.2 Å². The van der Waals surface area contributed by atoms with Crippen LogP contribution < -0.4 is 5.32 Å². The van der Waals surface area contributed by atoms with Crippen molar-refractivity contribution in [2.75, 3.05) is 11.5 Å². The quantitative estimate of drug-likeness (QED) is 0.761. The van der Waals surface area contributed by atoms with E-state index in [1.54, 1.807) is 13.8 Å². The summed E-state index contributed by atoms with van der Waals surface area (Å²) in [6, 6.07) is -0.110. The lowest BCUT2D eigenvalue weighted by molar-refractivity contribution is -0.155. The maximum atomic E-state index is 12.4. The van der Waals surface area contributed by atoms with Crippen LogP contribution in [0.15, 0.2) is 0 Å². The highest BCUT2D eigenvalue weighted by molar-refractivity contribution is 7.99. The van der Waals surface area contributed by atoms with Gasteiger partial charge in [-0.25, -0.2) is 0 Å². The normalized spacial score (nSPS) is 33.5. The van der Waals surface area contributed by atoms with Gasteiger partial charge < -0.3 is 10.2 Å². The van der Waals surface area contributed by atoms with Crippen LogP contribution >= 0.6 is 11.8 Å². The summed E-state index contributed by atoms with van der Waals surface area (Å²) in [5.41, 5.74) is -0.758. The Labute approximate surface area is 106 Å². The van der Waals surface area contributed by atoms with E-state index in [1.807, 2.05) is 23.6 Å². The standard InChI is InChI=1S/C12H20N2O2S/c1-8-10(15)13-12(2,3)11(16)14(8)9-5-4-6-17-7-9/h8-9H,4-7H2,1-3H3,(H,13,15). The summed E-state index contributed by atoms with van der Waals surface area (Å²) in [5, 5.41) is 2.79. The van der Waals surface area contributed by atoms with E-state index in [2.05, 4.69) is 5.32 Å². The van der Waals surface area contributed by atoms with E-state index in [1.165, 1.54) is 5.75 Å². The first-order chi connectivity index (χ1) is 7.93. The third-order valence-electron chi connectivity index (χ3n) is 3.53. The number of piperazine rings is 1. The van der Waals surface area contributed by atoms with Gasteiger partial charge in [0.05, 0.1) is 0 Å². The number of amides is 2. The van der Waals surface area contributed by atoms with Gasteiger partial charge in [0.1, 0.15) is 11.6 Å². The number of nitrogens with one attached hydrogen (secondary N) is 1. The van der Waals surface area contributed by atoms with Gasteiger partial charge in [0, 0.05) is 11.8 Å². The zero-order chi connectivity index (χ0) is 12.6. The Morgan fingerprint density at radius 2 is 2.12 bits per heavy atom. The first kappa shape index (κ1) is 12.7. The average Bonchev–Trinajstić information content (AvgIpc) is 2.28. The number of hydrogen-bond acceptors (Lipinski definition) is 3. The molecule has 2 unspecified atom stereocenters. The maximum Gasteiger partial charge on any atom is 0.248 e. The van der Waals surface area contributed by atoms with Crippen molar-refractivity contribution in [3.63, 3.8) is 0 Å². The van der Waals surface area contributed by atoms with Crippen LogP contribution in [0.25, 0.3) is 0 Å². The molecule has 0 aliphatic carbocycles. The fourth-order valence-electron chi connectivity index (χ4n) is 2.52. The number of carbonyl (C=O) groups excluding carboxylic acids is 2. The average molecular weight is 256 g/mol. The Kier molecular flexibility index (Phi) is 3.39. The van der Waals surface area contributed by atoms with Crippen LogP contribution in [0, 0.1) is 0 Å². The first-order valence-corrected chi connectivity index (χ1v) is 7.31. The molecule has 0 aromatic rings. The fraction of sp³-hybridized carbons (Fsp3) is 0.833. The molecule has 2 aliphatic heterocycles. The predicted molar refractivity (Wildman–Crippen MR) is 68.9 cm³/mol. The van der Waals surface area contributed by atoms with E-state index >= 15 is 0 Å². The molecular formula is C12H20N2O2S. The van der Waals surface area contributed by atoms with E-state index in [0.717, 1.165) is 18.6 Å². The minimum atomic E-state index is -0.758. The summed E-state index contributed by atoms with van der Waals surface area (Å²) < 4.78 is 0. The van der Waals surface area contributed by atoms with E-state index in [0.29, 0.717) is 0 Å². The molecular weight excluding hydrogens is 236 g/mol. The van der Waals surface area contributed by atoms with Crippen LogP contribution in [-0.4, -0.2) is 45.8 Å². The highest BCUT2D eigenvalue weighted by Gasteiger charge is 2.46. The van der Waals surface area contributed by atoms with Crippen LogP contribution in [0.5, 0.6) is 0 Å². The third kappa shape index (κ3) is 2.30. The van der Waals surface area contributed by atoms with E-state index in [-0.39, 0.29) is 23.9 Å². The predicted octanol–water partition coefficient (Wildman–Crippen LogP) is 1.01. The smallest absolute Gasteiger partial charge is 0.248 e. The zero-order valence-corrected chi connectivity index (χ0v) is 11.5. The molecule has 2 heterocycles. The number of thioether (sulfide) groups is 1. The molecule has 0 spiro atoms. The summed E-state index contributed by atoms with van der Waals surface area (Å²) in [5.74, 6) is 2.14. The summed E-state index contributed by atoms with van der Waals surface area (Å²) in [6.07, 6.45) is 2.15. The molecule has 0 aromatic heterocycles. The van der Waals surface area contributed by atoms with Crippen molar-refractivity contribution in [3.8, 4) is 0 Å². The molecule has 2 atom stereocenters. The lowest BCUT2D eigenvalue weighted by Crippen LogP contribution is -2.69. The van der Waals surface area contributed by atoms with Gasteiger partial charge in [0.25, 0.3) is 0 Å². The van der Waals surface area contributed by atoms with Gasteiger partial charge in [0.15, 0.2) is 0 Å². The largest absolute Gasteiger partial charge is 0.340 e. The second-order valence-electron chi connectivity index (χ2n) is 5.37. The van der Waals surface area contributed by atoms with Crippen molar-refractivity contribution in [1.29, 1.82) is 0 Å². The van der Waals surface area contributed by atoms with E-state index in [9.17, 15) is 9.59 Å². The van der Waals surface area contributed by atoms with Crippen molar-refractivity contribution in [2.45, 2.75) is 51.2 Å². The van der Waals surface area contributed by atoms with Crippen LogP contribution in [0.2, 0.25) is 0 Å². The van der Waals surface area contributed by atoms with Crippen molar-refractivity contribution < 1.29 is 9.59 Å². The molecule has 2 fully saturated rings. The van der Waals surface area contributed by atoms with Crippen molar-refractivity contribution >= 4 is 23.6 Å². The van der Waals surface area contributed by atoms with Crippen LogP contribution in [0.1, 0.15) is 33.6 Å². The van der Waals surface area contributed by atoms with Gasteiger partial charge in [-0.15, -0.1) is 0 Å². The van der Waals surface area contributed by atoms with Gasteiger partial charge in [-0.1, -0.05) is 0 Å². The van der Waals surface area contributed by atoms with Crippen LogP contribution in [-0.2, 0) is 9.59 Å². The second kappa shape index (κ2) is 4.52. The fourth-order valence-corrected chi connectivity index (χ4v) is 3.65. The summed E-state index contributed by atoms with van der Waals surface area (Å²) in [4.78, 5) is 26.1. The highest BCUT2D eigenvalue weighted by atomic mass is 32.2. The molecule has 5 heteroatoms. The zero-order valence-electron chi connectivity index (χ0n) is 10.7. The number of nitrogens with zero attached hydrogens (tertiary/aromatic N) is 1. The lowest BCUT2D eigenvalue weighted by atomic mass is 9.95. The topological polar surface area (TPSA) is 49.4 Å². The Balaban J connectivity index is 2.22. The van der Waals surface area contributed by atoms with Gasteiger partial charge in [-0.2, -0.15) is 11.8 Å². The van der Waals surface area contributed by atoms with Gasteiger partial charge >= 0.3 is 0 Å². The molecule has 2 aliphatic rings. The SMILES string of the molecule is CC1C(=O)NC(C)(C)C(=O)N1C1CCCSC1. The number of hydrogen-bond donors (Lipinski definition) is 1. The molecule has 0 radical (unpaired) electrons. The Hall–Kier alpha value is -0.710. The van der Waals surface area contributed by atoms with E-state index < -0.39 is 5.54 Å². The molecule has 2 rings (SSSR count). The Morgan fingerprint density at radius 3 is 2.71 bits per heavy atom. The van der Waals surface area contributed by atoms with Crippen molar-refractivity contribution in [3.05, 3.63) is 0 Å². The van der Waals surface area contributed by atoms with Gasteiger partial charge in [-0.05, 0) is 39.4 Å². The summed E-state index contributed by atoms with van der Waals surface area (Å²) >= 11 is 1.88. The van der Waals surface area contributed by atoms with Crippen molar-refractivity contribution in [2.24, 2.45) is 0 Å². The summed E-state index contributed by atoms with van der Waals surface area (Å²) in [6.45, 7) is 5.38. The first-order valence-electron chi connectivity index (χ1n) is 6.16. The van der Waals surface area contributed by atoms with Gasteiger partial charge in [0.2, 0.25) is 11.8 Å². The molecule has 2 amide bonds. The van der Waals surface area contributed by atoms with E-state index in [4.69, 9.17) is 0 Å². The molecule has 2 saturated heterocycles. The minimum Gasteiger partial charge on any atom is -0.340 e. The number of rotatable bonds is 1. The molecule has 0 aromatic carbocycles. The molecule has 0 saturated carbocycles. The summed E-state index contributed by atoms with van der Waals surface area (Å²) in [7, 11) is 0. The maximum absolute atomic E-state index is 12.4. The van der Waals surface area contributed by atoms with Gasteiger partial charge in [-0.3, -0.25) is 9.59 Å².